The third-order valence-electron chi connectivity index (χ3n) is 3.46. The maximum atomic E-state index is 10.2. The van der Waals surface area contributed by atoms with Crippen LogP contribution >= 0.6 is 23.5 Å². The van der Waals surface area contributed by atoms with E-state index in [1.165, 1.54) is 4.91 Å². The lowest BCUT2D eigenvalue weighted by Gasteiger charge is -2.13. The van der Waals surface area contributed by atoms with Gasteiger partial charge in [-0.05, 0) is 23.8 Å². The van der Waals surface area contributed by atoms with E-state index in [9.17, 15) is 5.11 Å². The average Bonchev–Trinajstić information content (AvgIpc) is 2.61. The van der Waals surface area contributed by atoms with Gasteiger partial charge in [-0.1, -0.05) is 45.9 Å². The maximum Gasteiger partial charge on any atom is 0.123 e. The summed E-state index contributed by atoms with van der Waals surface area (Å²) < 4.78 is 0. The zero-order chi connectivity index (χ0) is 16.6. The van der Waals surface area contributed by atoms with Gasteiger partial charge in [-0.2, -0.15) is 0 Å². The SMILES string of the molecule is CC(C)SC1=Cc2ccc(O)c3cccc(c23)N=C1SC(C)C. The monoisotopic (exact) mass is 343 g/mol. The molecular formula is C19H21NOS2. The minimum absolute atomic E-state index is 0.312. The Morgan fingerprint density at radius 2 is 1.70 bits per heavy atom. The second-order valence-corrected chi connectivity index (χ2v) is 9.32. The van der Waals surface area contributed by atoms with Crippen molar-refractivity contribution in [2.75, 3.05) is 0 Å². The van der Waals surface area contributed by atoms with E-state index in [0.29, 0.717) is 16.2 Å². The minimum atomic E-state index is 0.312. The van der Waals surface area contributed by atoms with Crippen LogP contribution in [-0.2, 0) is 0 Å². The molecule has 1 aliphatic heterocycles. The number of nitrogens with zero attached hydrogens (tertiary/aromatic N) is 1. The number of aromatic hydroxyl groups is 1. The zero-order valence-corrected chi connectivity index (χ0v) is 15.5. The fraction of sp³-hybridized carbons (Fsp3) is 0.316. The van der Waals surface area contributed by atoms with Crippen molar-refractivity contribution < 1.29 is 5.11 Å². The molecule has 1 N–H and O–H groups in total. The molecule has 0 radical (unpaired) electrons. The molecule has 0 atom stereocenters. The van der Waals surface area contributed by atoms with Gasteiger partial charge >= 0.3 is 0 Å². The quantitative estimate of drug-likeness (QED) is 0.718. The lowest BCUT2D eigenvalue weighted by Crippen LogP contribution is -2.02. The van der Waals surface area contributed by atoms with Crippen LogP contribution in [0.2, 0.25) is 0 Å². The van der Waals surface area contributed by atoms with Crippen LogP contribution in [0.3, 0.4) is 0 Å². The molecular weight excluding hydrogens is 322 g/mol. The molecule has 4 heteroatoms. The van der Waals surface area contributed by atoms with Crippen LogP contribution in [0.25, 0.3) is 16.8 Å². The first kappa shape index (κ1) is 16.5. The topological polar surface area (TPSA) is 32.6 Å². The summed E-state index contributed by atoms with van der Waals surface area (Å²) in [6, 6.07) is 9.71. The summed E-state index contributed by atoms with van der Waals surface area (Å²) >= 11 is 3.64. The number of hydrogen-bond donors (Lipinski definition) is 1. The summed E-state index contributed by atoms with van der Waals surface area (Å²) in [5.41, 5.74) is 2.06. The maximum absolute atomic E-state index is 10.2. The summed E-state index contributed by atoms with van der Waals surface area (Å²) in [5, 5.41) is 14.1. The highest BCUT2D eigenvalue weighted by atomic mass is 32.2. The Balaban J connectivity index is 2.25. The zero-order valence-electron chi connectivity index (χ0n) is 13.8. The van der Waals surface area contributed by atoms with Gasteiger partial charge in [0.25, 0.3) is 0 Å². The van der Waals surface area contributed by atoms with Crippen LogP contribution in [0.15, 0.2) is 40.2 Å². The number of phenols is 1. The van der Waals surface area contributed by atoms with Crippen LogP contribution in [0.5, 0.6) is 5.75 Å². The highest BCUT2D eigenvalue weighted by Gasteiger charge is 2.19. The first-order chi connectivity index (χ1) is 11.0. The van der Waals surface area contributed by atoms with Crippen molar-refractivity contribution in [2.45, 2.75) is 38.2 Å². The van der Waals surface area contributed by atoms with Gasteiger partial charge in [0.05, 0.1) is 5.69 Å². The first-order valence-corrected chi connectivity index (χ1v) is 9.60. The lowest BCUT2D eigenvalue weighted by molar-refractivity contribution is 0.481. The largest absolute Gasteiger partial charge is 0.507 e. The summed E-state index contributed by atoms with van der Waals surface area (Å²) in [6.45, 7) is 8.78. The molecule has 0 spiro atoms. The van der Waals surface area contributed by atoms with E-state index >= 15 is 0 Å². The van der Waals surface area contributed by atoms with Crippen molar-refractivity contribution >= 4 is 51.1 Å². The summed E-state index contributed by atoms with van der Waals surface area (Å²) in [5.74, 6) is 0.312. The summed E-state index contributed by atoms with van der Waals surface area (Å²) in [6.07, 6.45) is 2.22. The second kappa shape index (κ2) is 6.62. The molecule has 1 heterocycles. The molecule has 1 aliphatic rings. The lowest BCUT2D eigenvalue weighted by atomic mass is 10.0. The highest BCUT2D eigenvalue weighted by Crippen LogP contribution is 2.42. The normalized spacial score (nSPS) is 14.2. The Kier molecular flexibility index (Phi) is 4.74. The van der Waals surface area contributed by atoms with Crippen LogP contribution in [0.1, 0.15) is 33.3 Å². The molecule has 0 saturated heterocycles. The van der Waals surface area contributed by atoms with Gasteiger partial charge in [0.15, 0.2) is 0 Å². The Bertz CT molecular complexity index is 774. The Labute approximate surface area is 146 Å². The molecule has 0 saturated carbocycles. The van der Waals surface area contributed by atoms with Crippen LogP contribution in [0.4, 0.5) is 5.69 Å². The van der Waals surface area contributed by atoms with E-state index in [1.807, 2.05) is 36.0 Å². The number of thioether (sulfide) groups is 2. The van der Waals surface area contributed by atoms with Crippen molar-refractivity contribution in [3.05, 3.63) is 40.8 Å². The van der Waals surface area contributed by atoms with Gasteiger partial charge in [0.2, 0.25) is 0 Å². The molecule has 2 aromatic rings. The Hall–Kier alpha value is -1.39. The Morgan fingerprint density at radius 1 is 0.957 bits per heavy atom. The van der Waals surface area contributed by atoms with Gasteiger partial charge in [0.1, 0.15) is 10.8 Å². The van der Waals surface area contributed by atoms with E-state index in [-0.39, 0.29) is 0 Å². The molecule has 0 bridgehead atoms. The molecule has 0 aromatic heterocycles. The molecule has 23 heavy (non-hydrogen) atoms. The van der Waals surface area contributed by atoms with E-state index in [1.54, 1.807) is 17.8 Å². The van der Waals surface area contributed by atoms with Crippen molar-refractivity contribution in [2.24, 2.45) is 4.99 Å². The van der Waals surface area contributed by atoms with Gasteiger partial charge in [-0.25, -0.2) is 4.99 Å². The van der Waals surface area contributed by atoms with Crippen LogP contribution in [-0.4, -0.2) is 20.7 Å². The molecule has 3 rings (SSSR count). The predicted molar refractivity (Wildman–Crippen MR) is 106 cm³/mol. The van der Waals surface area contributed by atoms with E-state index in [2.05, 4.69) is 33.8 Å². The van der Waals surface area contributed by atoms with Crippen LogP contribution in [0, 0.1) is 0 Å². The van der Waals surface area contributed by atoms with Crippen molar-refractivity contribution in [1.82, 2.24) is 0 Å². The average molecular weight is 344 g/mol. The third kappa shape index (κ3) is 3.43. The van der Waals surface area contributed by atoms with Crippen molar-refractivity contribution in [3.63, 3.8) is 0 Å². The minimum Gasteiger partial charge on any atom is -0.507 e. The molecule has 2 nitrogen and oxygen atoms in total. The predicted octanol–water partition coefficient (Wildman–Crippen LogP) is 6.21. The molecule has 120 valence electrons. The van der Waals surface area contributed by atoms with Crippen LogP contribution < -0.4 is 0 Å². The smallest absolute Gasteiger partial charge is 0.123 e. The number of hydrogen-bond acceptors (Lipinski definition) is 4. The summed E-state index contributed by atoms with van der Waals surface area (Å²) in [4.78, 5) is 6.16. The second-order valence-electron chi connectivity index (χ2n) is 6.13. The number of aliphatic imine (C=N–C) groups is 1. The number of benzene rings is 2. The molecule has 0 fully saturated rings. The molecule has 2 aromatic carbocycles. The van der Waals surface area contributed by atoms with Crippen molar-refractivity contribution in [1.29, 1.82) is 0 Å². The van der Waals surface area contributed by atoms with E-state index < -0.39 is 0 Å². The standard InChI is InChI=1S/C19H21NOS2/c1-11(2)22-17-10-13-8-9-16(21)14-6-5-7-15(18(13)14)20-19(17)23-12(3)4/h5-12,21H,1-4H3. The van der Waals surface area contributed by atoms with Gasteiger partial charge in [-0.3, -0.25) is 0 Å². The van der Waals surface area contributed by atoms with Gasteiger partial charge in [0, 0.05) is 26.2 Å². The summed E-state index contributed by atoms with van der Waals surface area (Å²) in [7, 11) is 0. The number of phenolic OH excluding ortho intramolecular Hbond substituents is 1. The third-order valence-corrected chi connectivity index (χ3v) is 5.63. The van der Waals surface area contributed by atoms with E-state index in [4.69, 9.17) is 4.99 Å². The fourth-order valence-corrected chi connectivity index (χ4v) is 4.54. The highest BCUT2D eigenvalue weighted by molar-refractivity contribution is 8.18. The van der Waals surface area contributed by atoms with Gasteiger partial charge < -0.3 is 5.11 Å². The Morgan fingerprint density at radius 3 is 2.39 bits per heavy atom. The first-order valence-electron chi connectivity index (χ1n) is 7.84. The molecule has 0 aliphatic carbocycles. The van der Waals surface area contributed by atoms with Gasteiger partial charge in [-0.15, -0.1) is 23.5 Å². The fourth-order valence-electron chi connectivity index (χ4n) is 2.63. The molecule has 0 unspecified atom stereocenters. The van der Waals surface area contributed by atoms with Crippen molar-refractivity contribution in [3.8, 4) is 5.75 Å². The molecule has 0 amide bonds. The number of rotatable bonds is 3. The van der Waals surface area contributed by atoms with E-state index in [0.717, 1.165) is 27.1 Å².